The summed E-state index contributed by atoms with van der Waals surface area (Å²) in [7, 11) is 0. The second-order valence-corrected chi connectivity index (χ2v) is 6.68. The number of para-hydroxylation sites is 1. The monoisotopic (exact) mass is 401 g/mol. The molecule has 3 N–H and O–H groups in total. The van der Waals surface area contributed by atoms with E-state index in [9.17, 15) is 4.79 Å². The minimum Gasteiger partial charge on any atom is -0.324 e. The zero-order chi connectivity index (χ0) is 19.1. The van der Waals surface area contributed by atoms with E-state index in [0.717, 1.165) is 11.3 Å². The lowest BCUT2D eigenvalue weighted by molar-refractivity contribution is -0.113. The molecule has 0 aliphatic rings. The summed E-state index contributed by atoms with van der Waals surface area (Å²) in [6.07, 6.45) is 3.40. The van der Waals surface area contributed by atoms with Gasteiger partial charge in [0.2, 0.25) is 17.0 Å². The largest absolute Gasteiger partial charge is 0.324 e. The van der Waals surface area contributed by atoms with Crippen LogP contribution in [0.5, 0.6) is 0 Å². The number of hydrogen-bond donors (Lipinski definition) is 3. The molecule has 138 valence electrons. The third-order valence-electron chi connectivity index (χ3n) is 3.37. The van der Waals surface area contributed by atoms with Gasteiger partial charge in [0.05, 0.1) is 22.2 Å². The molecule has 10 heteroatoms. The van der Waals surface area contributed by atoms with Crippen molar-refractivity contribution in [2.45, 2.75) is 12.1 Å². The Morgan fingerprint density at radius 1 is 1.26 bits per heavy atom. The van der Waals surface area contributed by atoms with Gasteiger partial charge >= 0.3 is 0 Å². The first kappa shape index (κ1) is 18.9. The third kappa shape index (κ3) is 5.53. The van der Waals surface area contributed by atoms with Crippen molar-refractivity contribution in [3.8, 4) is 0 Å². The summed E-state index contributed by atoms with van der Waals surface area (Å²) in [5.74, 6) is 0.346. The Labute approximate surface area is 164 Å². The second-order valence-electron chi connectivity index (χ2n) is 5.33. The summed E-state index contributed by atoms with van der Waals surface area (Å²) in [5.41, 5.74) is 5.10. The van der Waals surface area contributed by atoms with Gasteiger partial charge in [0, 0.05) is 18.0 Å². The molecule has 0 spiro atoms. The Kier molecular flexibility index (Phi) is 6.39. The topological polar surface area (TPSA) is 108 Å². The first-order chi connectivity index (χ1) is 13.1. The average Bonchev–Trinajstić information content (AvgIpc) is 3.15. The van der Waals surface area contributed by atoms with Gasteiger partial charge in [-0.1, -0.05) is 35.5 Å². The predicted molar refractivity (Wildman–Crippen MR) is 107 cm³/mol. The predicted octanol–water partition coefficient (Wildman–Crippen LogP) is 3.42. The standard InChI is InChI=1S/C17H16ClN7OS/c1-11(12-6-8-19-9-7-12)22-23-16-21-17(25-24-16)27-10-15(26)20-14-5-3-2-4-13(14)18/h2-9H,10H2,1H3,(H,20,26)(H2,21,23,24,25)/b22-11+. The molecule has 27 heavy (non-hydrogen) atoms. The summed E-state index contributed by atoms with van der Waals surface area (Å²) in [4.78, 5) is 20.2. The Morgan fingerprint density at radius 3 is 2.81 bits per heavy atom. The van der Waals surface area contributed by atoms with E-state index in [1.54, 1.807) is 36.7 Å². The lowest BCUT2D eigenvalue weighted by Crippen LogP contribution is -2.14. The fourth-order valence-corrected chi connectivity index (χ4v) is 2.82. The highest BCUT2D eigenvalue weighted by Gasteiger charge is 2.09. The minimum atomic E-state index is -0.195. The number of carbonyl (C=O) groups is 1. The molecule has 2 heterocycles. The van der Waals surface area contributed by atoms with Crippen LogP contribution in [0.4, 0.5) is 11.6 Å². The molecule has 0 radical (unpaired) electrons. The van der Waals surface area contributed by atoms with E-state index in [1.807, 2.05) is 19.1 Å². The van der Waals surface area contributed by atoms with Gasteiger partial charge in [-0.2, -0.15) is 10.1 Å². The van der Waals surface area contributed by atoms with Crippen LogP contribution in [0, 0.1) is 0 Å². The molecule has 0 unspecified atom stereocenters. The van der Waals surface area contributed by atoms with Crippen LogP contribution in [0.2, 0.25) is 5.02 Å². The normalized spacial score (nSPS) is 11.3. The molecule has 0 aliphatic carbocycles. The molecule has 0 saturated carbocycles. The molecular weight excluding hydrogens is 386 g/mol. The van der Waals surface area contributed by atoms with Gasteiger partial charge in [-0.05, 0) is 31.2 Å². The number of aromatic nitrogens is 4. The van der Waals surface area contributed by atoms with Crippen molar-refractivity contribution in [2.24, 2.45) is 5.10 Å². The van der Waals surface area contributed by atoms with Crippen LogP contribution in [0.25, 0.3) is 0 Å². The van der Waals surface area contributed by atoms with Crippen molar-refractivity contribution in [2.75, 3.05) is 16.5 Å². The zero-order valence-corrected chi connectivity index (χ0v) is 15.9. The Bertz CT molecular complexity index is 945. The molecule has 0 saturated heterocycles. The number of amides is 1. The van der Waals surface area contributed by atoms with Crippen LogP contribution in [-0.4, -0.2) is 37.5 Å². The van der Waals surface area contributed by atoms with Crippen LogP contribution in [0.15, 0.2) is 59.0 Å². The molecule has 8 nitrogen and oxygen atoms in total. The summed E-state index contributed by atoms with van der Waals surface area (Å²) in [6.45, 7) is 1.87. The number of thioether (sulfide) groups is 1. The summed E-state index contributed by atoms with van der Waals surface area (Å²) in [5, 5.41) is 14.7. The number of carbonyl (C=O) groups excluding carboxylic acids is 1. The van der Waals surface area contributed by atoms with E-state index in [2.05, 4.69) is 36.0 Å². The summed E-state index contributed by atoms with van der Waals surface area (Å²) >= 11 is 7.22. The van der Waals surface area contributed by atoms with Crippen molar-refractivity contribution in [1.29, 1.82) is 0 Å². The summed E-state index contributed by atoms with van der Waals surface area (Å²) < 4.78 is 0. The van der Waals surface area contributed by atoms with Crippen molar-refractivity contribution in [1.82, 2.24) is 20.2 Å². The van der Waals surface area contributed by atoms with Crippen molar-refractivity contribution >= 4 is 46.6 Å². The average molecular weight is 402 g/mol. The van der Waals surface area contributed by atoms with Crippen LogP contribution >= 0.6 is 23.4 Å². The van der Waals surface area contributed by atoms with Gasteiger partial charge in [-0.25, -0.2) is 10.5 Å². The SMILES string of the molecule is C/C(=N\Nc1nc(SCC(=O)Nc2ccccc2Cl)n[nH]1)c1ccncc1. The van der Waals surface area contributed by atoms with E-state index in [-0.39, 0.29) is 11.7 Å². The molecule has 0 aliphatic heterocycles. The molecule has 2 aromatic heterocycles. The van der Waals surface area contributed by atoms with Crippen molar-refractivity contribution in [3.05, 3.63) is 59.4 Å². The smallest absolute Gasteiger partial charge is 0.240 e. The number of nitrogens with zero attached hydrogens (tertiary/aromatic N) is 4. The number of H-pyrrole nitrogens is 1. The van der Waals surface area contributed by atoms with Gasteiger partial charge in [0.1, 0.15) is 0 Å². The maximum Gasteiger partial charge on any atom is 0.240 e. The highest BCUT2D eigenvalue weighted by Crippen LogP contribution is 2.21. The van der Waals surface area contributed by atoms with Crippen LogP contribution in [0.3, 0.4) is 0 Å². The van der Waals surface area contributed by atoms with Crippen LogP contribution in [0.1, 0.15) is 12.5 Å². The molecular formula is C17H16ClN7OS. The van der Waals surface area contributed by atoms with Gasteiger partial charge in [-0.15, -0.1) is 5.10 Å². The van der Waals surface area contributed by atoms with Gasteiger partial charge in [0.15, 0.2) is 0 Å². The molecule has 1 aromatic carbocycles. The van der Waals surface area contributed by atoms with E-state index in [1.165, 1.54) is 11.8 Å². The number of halogens is 1. The Morgan fingerprint density at radius 2 is 2.04 bits per heavy atom. The summed E-state index contributed by atoms with van der Waals surface area (Å²) in [6, 6.07) is 10.8. The lowest BCUT2D eigenvalue weighted by Gasteiger charge is -2.05. The first-order valence-corrected chi connectivity index (χ1v) is 9.28. The van der Waals surface area contributed by atoms with Gasteiger partial charge in [-0.3, -0.25) is 9.78 Å². The number of aromatic amines is 1. The van der Waals surface area contributed by atoms with E-state index in [0.29, 0.717) is 21.8 Å². The number of hydrogen-bond acceptors (Lipinski definition) is 7. The number of rotatable bonds is 7. The first-order valence-electron chi connectivity index (χ1n) is 7.92. The van der Waals surface area contributed by atoms with Crippen LogP contribution < -0.4 is 10.7 Å². The molecule has 0 bridgehead atoms. The lowest BCUT2D eigenvalue weighted by atomic mass is 10.2. The third-order valence-corrected chi connectivity index (χ3v) is 4.55. The quantitative estimate of drug-likeness (QED) is 0.318. The van der Waals surface area contributed by atoms with Crippen LogP contribution in [-0.2, 0) is 4.79 Å². The Hall–Kier alpha value is -2.91. The molecule has 0 fully saturated rings. The molecule has 3 aromatic rings. The zero-order valence-electron chi connectivity index (χ0n) is 14.3. The van der Waals surface area contributed by atoms with Crippen molar-refractivity contribution < 1.29 is 4.79 Å². The molecule has 1 amide bonds. The number of benzene rings is 1. The second kappa shape index (κ2) is 9.15. The fourth-order valence-electron chi connectivity index (χ4n) is 2.03. The number of nitrogens with one attached hydrogen (secondary N) is 3. The number of pyridine rings is 1. The highest BCUT2D eigenvalue weighted by atomic mass is 35.5. The number of hydrazone groups is 1. The minimum absolute atomic E-state index is 0.155. The number of anilines is 2. The van der Waals surface area contributed by atoms with E-state index < -0.39 is 0 Å². The van der Waals surface area contributed by atoms with E-state index in [4.69, 9.17) is 11.6 Å². The van der Waals surface area contributed by atoms with Gasteiger partial charge in [0.25, 0.3) is 0 Å². The highest BCUT2D eigenvalue weighted by molar-refractivity contribution is 7.99. The maximum atomic E-state index is 12.0. The molecule has 0 atom stereocenters. The fraction of sp³-hybridized carbons (Fsp3) is 0.118. The van der Waals surface area contributed by atoms with E-state index >= 15 is 0 Å². The van der Waals surface area contributed by atoms with Crippen molar-refractivity contribution in [3.63, 3.8) is 0 Å². The maximum absolute atomic E-state index is 12.0. The Balaban J connectivity index is 1.51. The van der Waals surface area contributed by atoms with Gasteiger partial charge < -0.3 is 5.32 Å². The molecule has 3 rings (SSSR count).